The van der Waals surface area contributed by atoms with Gasteiger partial charge in [0.1, 0.15) is 5.69 Å². The van der Waals surface area contributed by atoms with Gasteiger partial charge in [-0.2, -0.15) is 0 Å². The highest BCUT2D eigenvalue weighted by atomic mass is 32.2. The number of aryl methyl sites for hydroxylation is 2. The summed E-state index contributed by atoms with van der Waals surface area (Å²) in [6, 6.07) is 24.3. The van der Waals surface area contributed by atoms with E-state index in [1.165, 1.54) is 12.1 Å². The van der Waals surface area contributed by atoms with Crippen molar-refractivity contribution in [2.45, 2.75) is 44.0 Å². The number of nitrogens with one attached hydrogen (secondary N) is 1. The van der Waals surface area contributed by atoms with Crippen LogP contribution in [0.4, 0.5) is 0 Å². The average molecular weight is 514 g/mol. The SMILES string of the molecule is CC(C)(C)NCC#Cc1ccc(CCc2nc(-c3ccccc3)c(-c3ccc(S(N)(=O)=O)cc3)o2)cc1. The first kappa shape index (κ1) is 26.4. The molecule has 6 nitrogen and oxygen atoms in total. The first-order valence-electron chi connectivity index (χ1n) is 12.1. The fourth-order valence-corrected chi connectivity index (χ4v) is 4.23. The number of sulfonamides is 1. The molecule has 0 amide bonds. The normalized spacial score (nSPS) is 11.7. The second-order valence-corrected chi connectivity index (χ2v) is 11.4. The molecular formula is C30H31N3O3S. The molecule has 0 saturated carbocycles. The van der Waals surface area contributed by atoms with Gasteiger partial charge < -0.3 is 9.73 Å². The molecule has 0 radical (unpaired) electrons. The molecule has 1 aromatic heterocycles. The molecule has 7 heteroatoms. The van der Waals surface area contributed by atoms with Crippen LogP contribution in [0.25, 0.3) is 22.6 Å². The number of hydrogen-bond donors (Lipinski definition) is 2. The molecular weight excluding hydrogens is 482 g/mol. The molecule has 3 N–H and O–H groups in total. The second kappa shape index (κ2) is 11.1. The maximum atomic E-state index is 11.6. The zero-order valence-corrected chi connectivity index (χ0v) is 22.1. The van der Waals surface area contributed by atoms with E-state index in [1.807, 2.05) is 42.5 Å². The summed E-state index contributed by atoms with van der Waals surface area (Å²) in [7, 11) is -3.77. The van der Waals surface area contributed by atoms with Crippen molar-refractivity contribution < 1.29 is 12.8 Å². The maximum Gasteiger partial charge on any atom is 0.238 e. The van der Waals surface area contributed by atoms with Crippen LogP contribution in [0.2, 0.25) is 0 Å². The highest BCUT2D eigenvalue weighted by Crippen LogP contribution is 2.33. The molecule has 0 unspecified atom stereocenters. The van der Waals surface area contributed by atoms with Gasteiger partial charge in [0.2, 0.25) is 10.0 Å². The van der Waals surface area contributed by atoms with Crippen LogP contribution < -0.4 is 10.5 Å². The van der Waals surface area contributed by atoms with Crippen LogP contribution in [0.3, 0.4) is 0 Å². The smallest absolute Gasteiger partial charge is 0.238 e. The number of nitrogens with two attached hydrogens (primary N) is 1. The van der Waals surface area contributed by atoms with E-state index in [4.69, 9.17) is 14.5 Å². The molecule has 0 bridgehead atoms. The molecule has 0 saturated heterocycles. The van der Waals surface area contributed by atoms with Crippen molar-refractivity contribution in [2.24, 2.45) is 5.14 Å². The lowest BCUT2D eigenvalue weighted by Gasteiger charge is -2.18. The Bertz CT molecular complexity index is 1510. The van der Waals surface area contributed by atoms with Crippen molar-refractivity contribution in [3.8, 4) is 34.4 Å². The summed E-state index contributed by atoms with van der Waals surface area (Å²) >= 11 is 0. The van der Waals surface area contributed by atoms with Gasteiger partial charge in [0.25, 0.3) is 0 Å². The Morgan fingerprint density at radius 3 is 2.19 bits per heavy atom. The van der Waals surface area contributed by atoms with Gasteiger partial charge in [-0.3, -0.25) is 0 Å². The van der Waals surface area contributed by atoms with E-state index in [2.05, 4.69) is 50.1 Å². The van der Waals surface area contributed by atoms with Crippen molar-refractivity contribution in [1.82, 2.24) is 10.3 Å². The molecule has 0 aliphatic heterocycles. The molecule has 0 aliphatic rings. The number of oxazole rings is 1. The molecule has 4 aromatic rings. The van der Waals surface area contributed by atoms with E-state index in [0.717, 1.165) is 28.7 Å². The summed E-state index contributed by atoms with van der Waals surface area (Å²) in [5.41, 5.74) is 4.56. The molecule has 37 heavy (non-hydrogen) atoms. The summed E-state index contributed by atoms with van der Waals surface area (Å²) in [6.07, 6.45) is 1.38. The van der Waals surface area contributed by atoms with Gasteiger partial charge in [-0.15, -0.1) is 0 Å². The van der Waals surface area contributed by atoms with E-state index in [1.54, 1.807) is 12.1 Å². The highest BCUT2D eigenvalue weighted by molar-refractivity contribution is 7.89. The minimum Gasteiger partial charge on any atom is -0.440 e. The number of aromatic nitrogens is 1. The zero-order valence-electron chi connectivity index (χ0n) is 21.3. The fraction of sp³-hybridized carbons (Fsp3) is 0.233. The van der Waals surface area contributed by atoms with Crippen LogP contribution in [0.5, 0.6) is 0 Å². The molecule has 0 spiro atoms. The largest absolute Gasteiger partial charge is 0.440 e. The van der Waals surface area contributed by atoms with E-state index in [0.29, 0.717) is 30.3 Å². The Morgan fingerprint density at radius 2 is 1.57 bits per heavy atom. The minimum absolute atomic E-state index is 0.0488. The van der Waals surface area contributed by atoms with Gasteiger partial charge in [0.15, 0.2) is 11.7 Å². The van der Waals surface area contributed by atoms with E-state index in [9.17, 15) is 8.42 Å². The van der Waals surface area contributed by atoms with Crippen molar-refractivity contribution in [3.63, 3.8) is 0 Å². The van der Waals surface area contributed by atoms with Gasteiger partial charge >= 0.3 is 0 Å². The Kier molecular flexibility index (Phi) is 7.94. The number of hydrogen-bond acceptors (Lipinski definition) is 5. The number of rotatable bonds is 7. The standard InChI is InChI=1S/C30H31N3O3S/c1-30(2,3)32-21-7-8-22-11-13-23(14-12-22)15-20-27-33-28(24-9-5-4-6-10-24)29(36-27)25-16-18-26(19-17-25)37(31,34)35/h4-6,9-14,16-19,32H,15,20-21H2,1-3H3,(H2,31,34,35). The summed E-state index contributed by atoms with van der Waals surface area (Å²) in [4.78, 5) is 4.84. The van der Waals surface area contributed by atoms with Crippen molar-refractivity contribution in [2.75, 3.05) is 6.54 Å². The van der Waals surface area contributed by atoms with Gasteiger partial charge in [0.05, 0.1) is 11.4 Å². The third-order valence-corrected chi connectivity index (χ3v) is 6.61. The molecule has 3 aromatic carbocycles. The van der Waals surface area contributed by atoms with E-state index >= 15 is 0 Å². The van der Waals surface area contributed by atoms with Crippen LogP contribution in [-0.4, -0.2) is 25.5 Å². The minimum atomic E-state index is -3.77. The van der Waals surface area contributed by atoms with Gasteiger partial charge in [-0.05, 0) is 69.2 Å². The summed E-state index contributed by atoms with van der Waals surface area (Å²) in [5.74, 6) is 7.56. The van der Waals surface area contributed by atoms with Crippen LogP contribution in [0.15, 0.2) is 88.2 Å². The molecule has 0 aliphatic carbocycles. The first-order valence-corrected chi connectivity index (χ1v) is 13.6. The molecule has 0 atom stereocenters. The molecule has 1 heterocycles. The lowest BCUT2D eigenvalue weighted by atomic mass is 10.1. The number of primary sulfonamides is 1. The summed E-state index contributed by atoms with van der Waals surface area (Å²) in [6.45, 7) is 7.00. The predicted octanol–water partition coefficient (Wildman–Crippen LogP) is 5.18. The summed E-state index contributed by atoms with van der Waals surface area (Å²) < 4.78 is 29.5. The van der Waals surface area contributed by atoms with Crippen LogP contribution in [0.1, 0.15) is 37.8 Å². The number of benzene rings is 3. The van der Waals surface area contributed by atoms with Gasteiger partial charge in [-0.25, -0.2) is 18.5 Å². The van der Waals surface area contributed by atoms with Crippen LogP contribution in [-0.2, 0) is 22.9 Å². The van der Waals surface area contributed by atoms with E-state index in [-0.39, 0.29) is 10.4 Å². The van der Waals surface area contributed by atoms with Crippen LogP contribution >= 0.6 is 0 Å². The van der Waals surface area contributed by atoms with Crippen LogP contribution in [0, 0.1) is 11.8 Å². The number of nitrogens with zero attached hydrogens (tertiary/aromatic N) is 1. The Hall–Kier alpha value is -3.70. The summed E-state index contributed by atoms with van der Waals surface area (Å²) in [5, 5.41) is 8.60. The Morgan fingerprint density at radius 1 is 0.892 bits per heavy atom. The van der Waals surface area contributed by atoms with Gasteiger partial charge in [-0.1, -0.05) is 54.3 Å². The van der Waals surface area contributed by atoms with Crippen molar-refractivity contribution in [1.29, 1.82) is 0 Å². The third-order valence-electron chi connectivity index (χ3n) is 5.69. The van der Waals surface area contributed by atoms with Gasteiger partial charge in [0, 0.05) is 28.7 Å². The Balaban J connectivity index is 1.51. The second-order valence-electron chi connectivity index (χ2n) is 9.82. The third kappa shape index (κ3) is 7.40. The first-order chi connectivity index (χ1) is 17.6. The van der Waals surface area contributed by atoms with Crippen molar-refractivity contribution in [3.05, 3.63) is 95.9 Å². The molecule has 4 rings (SSSR count). The Labute approximate surface area is 219 Å². The monoisotopic (exact) mass is 513 g/mol. The molecule has 190 valence electrons. The average Bonchev–Trinajstić information content (AvgIpc) is 3.30. The highest BCUT2D eigenvalue weighted by Gasteiger charge is 2.18. The maximum absolute atomic E-state index is 11.6. The lowest BCUT2D eigenvalue weighted by Crippen LogP contribution is -2.35. The topological polar surface area (TPSA) is 98.2 Å². The quantitative estimate of drug-likeness (QED) is 0.332. The van der Waals surface area contributed by atoms with E-state index < -0.39 is 10.0 Å². The predicted molar refractivity (Wildman–Crippen MR) is 147 cm³/mol. The van der Waals surface area contributed by atoms with Crippen molar-refractivity contribution >= 4 is 10.0 Å². The fourth-order valence-electron chi connectivity index (χ4n) is 3.72. The molecule has 0 fully saturated rings. The zero-order chi connectivity index (χ0) is 26.5. The lowest BCUT2D eigenvalue weighted by molar-refractivity contribution is 0.452.